The smallest absolute Gasteiger partial charge is 0.254 e. The molecular weight excluding hydrogens is 378 g/mol. The van der Waals surface area contributed by atoms with E-state index in [-0.39, 0.29) is 18.0 Å². The molecule has 7 heteroatoms. The van der Waals surface area contributed by atoms with Crippen LogP contribution in [0.4, 0.5) is 5.69 Å². The molecule has 0 fully saturated rings. The maximum Gasteiger partial charge on any atom is 0.254 e. The highest BCUT2D eigenvalue weighted by atomic mass is 35.5. The first-order valence-electron chi connectivity index (χ1n) is 8.66. The molecule has 3 aromatic rings. The summed E-state index contributed by atoms with van der Waals surface area (Å²) in [5, 5.41) is 3.39. The number of benzene rings is 2. The third-order valence-corrected chi connectivity index (χ3v) is 4.42. The molecule has 0 bridgehead atoms. The topological polar surface area (TPSA) is 73.2 Å². The third-order valence-electron chi connectivity index (χ3n) is 4.17. The lowest BCUT2D eigenvalue weighted by Gasteiger charge is -2.14. The van der Waals surface area contributed by atoms with Crippen LogP contribution in [0.15, 0.2) is 53.3 Å². The Morgan fingerprint density at radius 1 is 1.14 bits per heavy atom. The number of hydrogen-bond acceptors (Lipinski definition) is 4. The maximum atomic E-state index is 12.7. The van der Waals surface area contributed by atoms with Gasteiger partial charge in [-0.15, -0.1) is 0 Å². The first kappa shape index (κ1) is 19.6. The van der Waals surface area contributed by atoms with Gasteiger partial charge in [0, 0.05) is 22.3 Å². The molecule has 0 saturated carbocycles. The Kier molecular flexibility index (Phi) is 5.80. The molecular formula is C21H20ClN3O3. The number of methoxy groups -OCH3 is 1. The Morgan fingerprint density at radius 3 is 2.54 bits per heavy atom. The van der Waals surface area contributed by atoms with Crippen molar-refractivity contribution in [3.8, 4) is 17.1 Å². The number of hydrogen-bond donors (Lipinski definition) is 1. The first-order valence-corrected chi connectivity index (χ1v) is 9.04. The maximum absolute atomic E-state index is 12.7. The number of nitrogens with one attached hydrogen (secondary N) is 1. The molecule has 0 spiro atoms. The van der Waals surface area contributed by atoms with Gasteiger partial charge in [0.25, 0.3) is 5.56 Å². The Labute approximate surface area is 167 Å². The molecule has 0 aliphatic heterocycles. The Balaban J connectivity index is 1.94. The summed E-state index contributed by atoms with van der Waals surface area (Å²) >= 11 is 5.95. The molecule has 0 atom stereocenters. The molecule has 0 aliphatic rings. The van der Waals surface area contributed by atoms with Gasteiger partial charge in [0.2, 0.25) is 5.91 Å². The van der Waals surface area contributed by atoms with Crippen molar-refractivity contribution in [2.24, 2.45) is 0 Å². The van der Waals surface area contributed by atoms with Crippen molar-refractivity contribution < 1.29 is 9.53 Å². The van der Waals surface area contributed by atoms with Crippen LogP contribution >= 0.6 is 11.6 Å². The van der Waals surface area contributed by atoms with Crippen LogP contribution in [0.1, 0.15) is 11.3 Å². The van der Waals surface area contributed by atoms with E-state index in [1.165, 1.54) is 17.7 Å². The minimum Gasteiger partial charge on any atom is -0.495 e. The molecule has 1 heterocycles. The van der Waals surface area contributed by atoms with Gasteiger partial charge >= 0.3 is 0 Å². The van der Waals surface area contributed by atoms with E-state index in [1.54, 1.807) is 37.3 Å². The van der Waals surface area contributed by atoms with Crippen LogP contribution < -0.4 is 15.6 Å². The molecule has 0 unspecified atom stereocenters. The number of ether oxygens (including phenoxy) is 1. The van der Waals surface area contributed by atoms with Gasteiger partial charge in [-0.1, -0.05) is 17.7 Å². The summed E-state index contributed by atoms with van der Waals surface area (Å²) in [6, 6.07) is 13.8. The summed E-state index contributed by atoms with van der Waals surface area (Å²) in [7, 11) is 1.54. The molecule has 144 valence electrons. The van der Waals surface area contributed by atoms with Gasteiger partial charge in [-0.2, -0.15) is 0 Å². The zero-order valence-corrected chi connectivity index (χ0v) is 16.6. The van der Waals surface area contributed by atoms with Crippen LogP contribution in [0.2, 0.25) is 5.02 Å². The van der Waals surface area contributed by atoms with Crippen molar-refractivity contribution in [3.63, 3.8) is 0 Å². The van der Waals surface area contributed by atoms with Gasteiger partial charge in [0.1, 0.15) is 18.1 Å². The standard InChI is InChI=1S/C21H20ClN3O3/c1-13-4-9-18(28-3)17(10-13)24-19(26)12-25-20(27)11-14(2)23-21(25)15-5-7-16(22)8-6-15/h4-11H,12H2,1-3H3,(H,24,26). The fraction of sp³-hybridized carbons (Fsp3) is 0.190. The van der Waals surface area contributed by atoms with Crippen LogP contribution in [0, 0.1) is 13.8 Å². The molecule has 0 aliphatic carbocycles. The number of aromatic nitrogens is 2. The Morgan fingerprint density at radius 2 is 1.86 bits per heavy atom. The van der Waals surface area contributed by atoms with E-state index in [4.69, 9.17) is 16.3 Å². The molecule has 6 nitrogen and oxygen atoms in total. The van der Waals surface area contributed by atoms with Gasteiger partial charge < -0.3 is 10.1 Å². The third kappa shape index (κ3) is 4.40. The Bertz CT molecular complexity index is 1080. The average Bonchev–Trinajstić information content (AvgIpc) is 2.64. The number of anilines is 1. The monoisotopic (exact) mass is 397 g/mol. The number of halogens is 1. The molecule has 1 amide bonds. The fourth-order valence-corrected chi connectivity index (χ4v) is 2.97. The van der Waals surface area contributed by atoms with Gasteiger partial charge in [-0.25, -0.2) is 4.98 Å². The second-order valence-electron chi connectivity index (χ2n) is 6.40. The lowest BCUT2D eigenvalue weighted by atomic mass is 10.2. The summed E-state index contributed by atoms with van der Waals surface area (Å²) in [5.41, 5.74) is 2.50. The SMILES string of the molecule is COc1ccc(C)cc1NC(=O)Cn1c(-c2ccc(Cl)cc2)nc(C)cc1=O. The van der Waals surface area contributed by atoms with Gasteiger partial charge in [-0.05, 0) is 55.8 Å². The Hall–Kier alpha value is -3.12. The van der Waals surface area contributed by atoms with Crippen molar-refractivity contribution in [2.75, 3.05) is 12.4 Å². The molecule has 3 rings (SSSR count). The highest BCUT2D eigenvalue weighted by molar-refractivity contribution is 6.30. The zero-order chi connectivity index (χ0) is 20.3. The first-order chi connectivity index (χ1) is 13.4. The minimum atomic E-state index is -0.355. The van der Waals surface area contributed by atoms with E-state index >= 15 is 0 Å². The number of aryl methyl sites for hydroxylation is 2. The van der Waals surface area contributed by atoms with Crippen molar-refractivity contribution in [3.05, 3.63) is 75.2 Å². The highest BCUT2D eigenvalue weighted by Crippen LogP contribution is 2.25. The van der Waals surface area contributed by atoms with E-state index in [0.717, 1.165) is 5.56 Å². The van der Waals surface area contributed by atoms with Gasteiger partial charge in [0.05, 0.1) is 12.8 Å². The lowest BCUT2D eigenvalue weighted by molar-refractivity contribution is -0.116. The molecule has 2 aromatic carbocycles. The van der Waals surface area contributed by atoms with Crippen LogP contribution in [0.5, 0.6) is 5.75 Å². The van der Waals surface area contributed by atoms with Crippen molar-refractivity contribution in [2.45, 2.75) is 20.4 Å². The van der Waals surface area contributed by atoms with Crippen LogP contribution in [0.25, 0.3) is 11.4 Å². The van der Waals surface area contributed by atoms with Crippen LogP contribution in [-0.4, -0.2) is 22.6 Å². The number of carbonyl (C=O) groups is 1. The highest BCUT2D eigenvalue weighted by Gasteiger charge is 2.15. The summed E-state index contributed by atoms with van der Waals surface area (Å²) in [6.07, 6.45) is 0. The fourth-order valence-electron chi connectivity index (χ4n) is 2.85. The lowest BCUT2D eigenvalue weighted by Crippen LogP contribution is -2.29. The van der Waals surface area contributed by atoms with Crippen molar-refractivity contribution >= 4 is 23.2 Å². The molecule has 0 radical (unpaired) electrons. The van der Waals surface area contributed by atoms with E-state index in [0.29, 0.717) is 33.5 Å². The van der Waals surface area contributed by atoms with Gasteiger partial charge in [0.15, 0.2) is 0 Å². The number of amides is 1. The van der Waals surface area contributed by atoms with E-state index in [2.05, 4.69) is 10.3 Å². The summed E-state index contributed by atoms with van der Waals surface area (Å²) in [6.45, 7) is 3.48. The summed E-state index contributed by atoms with van der Waals surface area (Å²) < 4.78 is 6.63. The second kappa shape index (κ2) is 8.27. The van der Waals surface area contributed by atoms with E-state index in [1.807, 2.05) is 19.1 Å². The van der Waals surface area contributed by atoms with Crippen LogP contribution in [0.3, 0.4) is 0 Å². The normalized spacial score (nSPS) is 10.6. The minimum absolute atomic E-state index is 0.179. The molecule has 1 N–H and O–H groups in total. The quantitative estimate of drug-likeness (QED) is 0.710. The van der Waals surface area contributed by atoms with Gasteiger partial charge in [-0.3, -0.25) is 14.2 Å². The summed E-state index contributed by atoms with van der Waals surface area (Å²) in [4.78, 5) is 29.7. The van der Waals surface area contributed by atoms with Crippen LogP contribution in [-0.2, 0) is 11.3 Å². The average molecular weight is 398 g/mol. The van der Waals surface area contributed by atoms with E-state index in [9.17, 15) is 9.59 Å². The summed E-state index contributed by atoms with van der Waals surface area (Å²) in [5.74, 6) is 0.603. The molecule has 1 aromatic heterocycles. The van der Waals surface area contributed by atoms with Crippen molar-refractivity contribution in [1.82, 2.24) is 9.55 Å². The van der Waals surface area contributed by atoms with Crippen molar-refractivity contribution in [1.29, 1.82) is 0 Å². The second-order valence-corrected chi connectivity index (χ2v) is 6.84. The largest absolute Gasteiger partial charge is 0.495 e. The number of rotatable bonds is 5. The predicted molar refractivity (Wildman–Crippen MR) is 110 cm³/mol. The molecule has 0 saturated heterocycles. The number of nitrogens with zero attached hydrogens (tertiary/aromatic N) is 2. The predicted octanol–water partition coefficient (Wildman–Crippen LogP) is 3.83. The number of carbonyl (C=O) groups excluding carboxylic acids is 1. The zero-order valence-electron chi connectivity index (χ0n) is 15.8. The molecule has 28 heavy (non-hydrogen) atoms. The van der Waals surface area contributed by atoms with E-state index < -0.39 is 0 Å².